The number of imidazole rings is 1. The Labute approximate surface area is 127 Å². The van der Waals surface area contributed by atoms with E-state index in [0.29, 0.717) is 0 Å². The second-order valence-corrected chi connectivity index (χ2v) is 5.58. The molecule has 0 radical (unpaired) electrons. The van der Waals surface area contributed by atoms with Crippen LogP contribution in [0.2, 0.25) is 0 Å². The Bertz CT molecular complexity index is 886. The highest BCUT2D eigenvalue weighted by atomic mass is 16.7. The number of hydrogen-bond donors (Lipinski definition) is 0. The van der Waals surface area contributed by atoms with E-state index in [1.807, 2.05) is 27.7 Å². The third-order valence-electron chi connectivity index (χ3n) is 3.67. The Balaban J connectivity index is 2.21. The molecule has 0 spiro atoms. The summed E-state index contributed by atoms with van der Waals surface area (Å²) in [4.78, 5) is 7.39. The van der Waals surface area contributed by atoms with Crippen LogP contribution in [0.5, 0.6) is 0 Å². The molecule has 1 saturated heterocycles. The molecule has 6 heteroatoms. The fourth-order valence-corrected chi connectivity index (χ4v) is 1.78. The quantitative estimate of drug-likeness (QED) is 0.782. The predicted molar refractivity (Wildman–Crippen MR) is 77.1 cm³/mol. The lowest BCUT2D eigenvalue weighted by Gasteiger charge is -2.32. The Kier molecular flexibility index (Phi) is 1.76. The molecule has 0 N–H and O–H groups in total. The Morgan fingerprint density at radius 2 is 1.85 bits per heavy atom. The van der Waals surface area contributed by atoms with Crippen LogP contribution in [-0.4, -0.2) is 32.9 Å². The molecule has 0 bridgehead atoms. The Hall–Kier alpha value is -1.66. The molecule has 1 aliphatic heterocycles. The number of rotatable bonds is 2. The van der Waals surface area contributed by atoms with Gasteiger partial charge in [0.15, 0.2) is 0 Å². The topological polar surface area (TPSA) is 49.2 Å². The molecule has 5 nitrogen and oxygen atoms in total. The first-order valence-corrected chi connectivity index (χ1v) is 6.23. The molecule has 1 fully saturated rings. The number of nitrogens with zero attached hydrogens (tertiary/aromatic N) is 3. The van der Waals surface area contributed by atoms with Crippen molar-refractivity contribution in [1.29, 1.82) is 0 Å². The average Bonchev–Trinajstić information content (AvgIpc) is 2.84. The van der Waals surface area contributed by atoms with Crippen molar-refractivity contribution >= 4 is 12.6 Å². The van der Waals surface area contributed by atoms with Crippen molar-refractivity contribution in [3.63, 3.8) is 0 Å². The van der Waals surface area contributed by atoms with E-state index in [9.17, 15) is 0 Å². The molecule has 20 heavy (non-hydrogen) atoms. The number of pyridine rings is 1. The van der Waals surface area contributed by atoms with Gasteiger partial charge in [0.2, 0.25) is 0 Å². The van der Waals surface area contributed by atoms with E-state index in [4.69, 9.17) is 17.5 Å². The summed E-state index contributed by atoms with van der Waals surface area (Å²) in [5, 5.41) is 0. The minimum atomic E-state index is -1.05. The van der Waals surface area contributed by atoms with Gasteiger partial charge >= 0.3 is 7.12 Å². The van der Waals surface area contributed by atoms with Gasteiger partial charge in [-0.3, -0.25) is 4.98 Å². The Morgan fingerprint density at radius 1 is 1.15 bits per heavy atom. The SMILES string of the molecule is [2H]c1nc([2H])c(-n2c([2H])nc([2H])c2[2H])c([2H])c1B1OC(C)(C)C(C)(C)O1. The largest absolute Gasteiger partial charge is 0.496 e. The molecule has 0 unspecified atom stereocenters. The van der Waals surface area contributed by atoms with E-state index in [0.717, 1.165) is 4.57 Å². The van der Waals surface area contributed by atoms with Crippen molar-refractivity contribution in [2.45, 2.75) is 38.9 Å². The summed E-state index contributed by atoms with van der Waals surface area (Å²) in [5.41, 5.74) is -1.58. The minimum absolute atomic E-state index is 0.00804. The normalized spacial score (nSPS) is 24.5. The monoisotopic (exact) mass is 277 g/mol. The summed E-state index contributed by atoms with van der Waals surface area (Å²) >= 11 is 0. The van der Waals surface area contributed by atoms with E-state index < -0.39 is 43.1 Å². The summed E-state index contributed by atoms with van der Waals surface area (Å²) < 4.78 is 60.5. The summed E-state index contributed by atoms with van der Waals surface area (Å²) in [5.74, 6) is 0. The van der Waals surface area contributed by atoms with Gasteiger partial charge in [0.05, 0.1) is 36.2 Å². The maximum Gasteiger partial charge on any atom is 0.496 e. The first-order chi connectivity index (χ1) is 11.9. The van der Waals surface area contributed by atoms with Crippen LogP contribution in [0.3, 0.4) is 0 Å². The zero-order chi connectivity index (χ0) is 19.6. The van der Waals surface area contributed by atoms with Crippen molar-refractivity contribution in [2.24, 2.45) is 0 Å². The van der Waals surface area contributed by atoms with Gasteiger partial charge in [0.1, 0.15) is 1.37 Å². The van der Waals surface area contributed by atoms with Gasteiger partial charge in [-0.15, -0.1) is 0 Å². The second kappa shape index (κ2) is 4.43. The third-order valence-corrected chi connectivity index (χ3v) is 3.67. The molecule has 0 aliphatic carbocycles. The molecule has 0 amide bonds. The summed E-state index contributed by atoms with van der Waals surface area (Å²) in [6.45, 7) is 7.33. The van der Waals surface area contributed by atoms with Crippen LogP contribution in [-0.2, 0) is 9.31 Å². The zero-order valence-corrected chi connectivity index (χ0v) is 11.7. The lowest BCUT2D eigenvalue weighted by molar-refractivity contribution is 0.00578. The summed E-state index contributed by atoms with van der Waals surface area (Å²) in [6, 6.07) is -0.312. The molecule has 104 valence electrons. The second-order valence-electron chi connectivity index (χ2n) is 5.58. The van der Waals surface area contributed by atoms with E-state index >= 15 is 0 Å². The Morgan fingerprint density at radius 3 is 2.45 bits per heavy atom. The van der Waals surface area contributed by atoms with Crippen molar-refractivity contribution in [3.8, 4) is 5.69 Å². The molecule has 1 aliphatic rings. The van der Waals surface area contributed by atoms with Gasteiger partial charge in [-0.05, 0) is 33.7 Å². The molecule has 0 aromatic carbocycles. The van der Waals surface area contributed by atoms with Crippen molar-refractivity contribution in [2.75, 3.05) is 0 Å². The fourth-order valence-electron chi connectivity index (χ4n) is 1.78. The van der Waals surface area contributed by atoms with Crippen LogP contribution in [0.15, 0.2) is 37.0 Å². The standard InChI is InChI=1S/C14H18BN3O2/c1-13(2)14(3,4)20-15(19-13)11-7-12(9-17-8-11)18-6-5-16-10-18/h5-10H,1-4H3/i5D,6D,7D,8D,9D,10D. The van der Waals surface area contributed by atoms with Crippen LogP contribution >= 0.6 is 0 Å². The lowest BCUT2D eigenvalue weighted by atomic mass is 9.80. The lowest BCUT2D eigenvalue weighted by Crippen LogP contribution is -2.41. The van der Waals surface area contributed by atoms with Crippen LogP contribution in [0.1, 0.15) is 35.9 Å². The molecule has 2 aromatic rings. The summed E-state index contributed by atoms with van der Waals surface area (Å²) in [7, 11) is -1.05. The highest BCUT2D eigenvalue weighted by Gasteiger charge is 2.51. The van der Waals surface area contributed by atoms with Gasteiger partial charge in [-0.1, -0.05) is 0 Å². The van der Waals surface area contributed by atoms with Crippen molar-refractivity contribution in [3.05, 3.63) is 37.0 Å². The number of hydrogen-bond acceptors (Lipinski definition) is 4. The van der Waals surface area contributed by atoms with E-state index in [2.05, 4.69) is 9.97 Å². The maximum absolute atomic E-state index is 8.48. The van der Waals surface area contributed by atoms with Crippen LogP contribution < -0.4 is 5.46 Å². The van der Waals surface area contributed by atoms with Gasteiger partial charge in [0.25, 0.3) is 0 Å². The van der Waals surface area contributed by atoms with Crippen LogP contribution in [0, 0.1) is 0 Å². The maximum atomic E-state index is 8.48. The zero-order valence-electron chi connectivity index (χ0n) is 17.7. The molecule has 3 rings (SSSR count). The van der Waals surface area contributed by atoms with Gasteiger partial charge in [-0.2, -0.15) is 0 Å². The van der Waals surface area contributed by atoms with Crippen molar-refractivity contribution < 1.29 is 17.5 Å². The molecular formula is C14H18BN3O2. The van der Waals surface area contributed by atoms with Crippen LogP contribution in [0.25, 0.3) is 5.69 Å². The van der Waals surface area contributed by atoms with Gasteiger partial charge in [0, 0.05) is 24.0 Å². The molecule has 3 heterocycles. The van der Waals surface area contributed by atoms with Crippen molar-refractivity contribution in [1.82, 2.24) is 14.5 Å². The molecule has 0 saturated carbocycles. The van der Waals surface area contributed by atoms with Gasteiger partial charge in [-0.25, -0.2) is 4.98 Å². The number of aromatic nitrogens is 3. The van der Waals surface area contributed by atoms with Crippen LogP contribution in [0.4, 0.5) is 0 Å². The predicted octanol–water partition coefficient (Wildman–Crippen LogP) is 1.57. The molecule has 0 atom stereocenters. The highest BCUT2D eigenvalue weighted by molar-refractivity contribution is 6.62. The summed E-state index contributed by atoms with van der Waals surface area (Å²) in [6.07, 6.45) is -2.13. The van der Waals surface area contributed by atoms with E-state index in [-0.39, 0.29) is 23.4 Å². The first-order valence-electron chi connectivity index (χ1n) is 9.23. The smallest absolute Gasteiger partial charge is 0.399 e. The highest BCUT2D eigenvalue weighted by Crippen LogP contribution is 2.36. The average molecular weight is 277 g/mol. The molecular weight excluding hydrogens is 253 g/mol. The molecule has 2 aromatic heterocycles. The van der Waals surface area contributed by atoms with E-state index in [1.54, 1.807) is 0 Å². The fraction of sp³-hybridized carbons (Fsp3) is 0.429. The third kappa shape index (κ3) is 2.15. The first kappa shape index (κ1) is 7.95. The van der Waals surface area contributed by atoms with Gasteiger partial charge < -0.3 is 13.9 Å². The minimum Gasteiger partial charge on any atom is -0.399 e. The van der Waals surface area contributed by atoms with E-state index in [1.165, 1.54) is 0 Å².